The van der Waals surface area contributed by atoms with Crippen molar-refractivity contribution in [2.45, 2.75) is 19.9 Å². The number of esters is 1. The number of ketones is 1. The second kappa shape index (κ2) is 11.6. The van der Waals surface area contributed by atoms with E-state index in [2.05, 4.69) is 5.32 Å². The number of amides is 1. The van der Waals surface area contributed by atoms with Crippen LogP contribution >= 0.6 is 0 Å². The van der Waals surface area contributed by atoms with Crippen molar-refractivity contribution in [2.75, 3.05) is 18.6 Å². The first-order valence-electron chi connectivity index (χ1n) is 12.0. The molecular formula is C30H27FN2O5. The second-order valence-corrected chi connectivity index (χ2v) is 8.68. The SMILES string of the molecule is COC(=O)C1=C(C)N(c2ccc(F)cc2)/C(=C\c2ccc(OCC(=O)N[C@@H](C)c3ccccc3)cc2)C1=O. The monoisotopic (exact) mass is 514 g/mol. The maximum Gasteiger partial charge on any atom is 0.343 e. The Labute approximate surface area is 220 Å². The molecule has 7 nitrogen and oxygen atoms in total. The first-order valence-corrected chi connectivity index (χ1v) is 12.0. The molecule has 38 heavy (non-hydrogen) atoms. The summed E-state index contributed by atoms with van der Waals surface area (Å²) in [5.74, 6) is -1.43. The highest BCUT2D eigenvalue weighted by molar-refractivity contribution is 6.30. The zero-order chi connectivity index (χ0) is 27.2. The summed E-state index contributed by atoms with van der Waals surface area (Å²) < 4.78 is 23.9. The van der Waals surface area contributed by atoms with Crippen LogP contribution in [-0.4, -0.2) is 31.4 Å². The van der Waals surface area contributed by atoms with Gasteiger partial charge in [0.25, 0.3) is 5.91 Å². The summed E-state index contributed by atoms with van der Waals surface area (Å²) >= 11 is 0. The number of hydrogen-bond acceptors (Lipinski definition) is 6. The molecule has 8 heteroatoms. The summed E-state index contributed by atoms with van der Waals surface area (Å²) in [5, 5.41) is 2.89. The van der Waals surface area contributed by atoms with Gasteiger partial charge >= 0.3 is 5.97 Å². The standard InChI is InChI=1S/C30H27FN2O5/c1-19(22-7-5-4-6-8-22)32-27(34)18-38-25-15-9-21(10-16-25)17-26-29(35)28(30(36)37-3)20(2)33(26)24-13-11-23(31)12-14-24/h4-17,19H,18H2,1-3H3,(H,32,34)/b26-17-/t19-/m0/s1. The molecule has 4 rings (SSSR count). The first kappa shape index (κ1) is 26.3. The van der Waals surface area contributed by atoms with Crippen molar-refractivity contribution in [1.82, 2.24) is 5.32 Å². The highest BCUT2D eigenvalue weighted by Crippen LogP contribution is 2.35. The molecule has 1 N–H and O–H groups in total. The maximum atomic E-state index is 13.5. The van der Waals surface area contributed by atoms with Crippen LogP contribution in [0.4, 0.5) is 10.1 Å². The van der Waals surface area contributed by atoms with Gasteiger partial charge in [-0.15, -0.1) is 0 Å². The minimum absolute atomic E-state index is 0.0845. The van der Waals surface area contributed by atoms with Crippen LogP contribution in [0.1, 0.15) is 31.0 Å². The number of hydrogen-bond donors (Lipinski definition) is 1. The zero-order valence-corrected chi connectivity index (χ0v) is 21.2. The van der Waals surface area contributed by atoms with E-state index in [0.29, 0.717) is 22.7 Å². The molecule has 0 radical (unpaired) electrons. The lowest BCUT2D eigenvalue weighted by Gasteiger charge is -2.21. The number of carbonyl (C=O) groups is 3. The zero-order valence-electron chi connectivity index (χ0n) is 21.2. The molecule has 0 saturated heterocycles. The van der Waals surface area contributed by atoms with E-state index in [0.717, 1.165) is 5.56 Å². The predicted octanol–water partition coefficient (Wildman–Crippen LogP) is 4.96. The average Bonchev–Trinajstić information content (AvgIpc) is 3.17. The van der Waals surface area contributed by atoms with Crippen molar-refractivity contribution < 1.29 is 28.2 Å². The summed E-state index contributed by atoms with van der Waals surface area (Å²) in [6, 6.07) is 21.9. The number of anilines is 1. The third-order valence-electron chi connectivity index (χ3n) is 6.10. The summed E-state index contributed by atoms with van der Waals surface area (Å²) in [6.45, 7) is 3.38. The van der Waals surface area contributed by atoms with Gasteiger partial charge in [0.05, 0.1) is 18.8 Å². The summed E-state index contributed by atoms with van der Waals surface area (Å²) in [7, 11) is 1.21. The van der Waals surface area contributed by atoms with Crippen molar-refractivity contribution in [1.29, 1.82) is 0 Å². The molecule has 0 bridgehead atoms. The van der Waals surface area contributed by atoms with Crippen LogP contribution in [0.3, 0.4) is 0 Å². The van der Waals surface area contributed by atoms with E-state index in [1.807, 2.05) is 37.3 Å². The number of Topliss-reactive ketones (excluding diaryl/α,β-unsaturated/α-hetero) is 1. The van der Waals surface area contributed by atoms with Crippen LogP contribution < -0.4 is 15.0 Å². The number of ether oxygens (including phenoxy) is 2. The Hall–Kier alpha value is -4.72. The molecule has 3 aromatic rings. The Bertz CT molecular complexity index is 1400. The number of carbonyl (C=O) groups excluding carboxylic acids is 3. The number of nitrogens with one attached hydrogen (secondary N) is 1. The molecule has 1 atom stereocenters. The van der Waals surface area contributed by atoms with Crippen LogP contribution in [0, 0.1) is 5.82 Å². The van der Waals surface area contributed by atoms with Crippen LogP contribution in [0.25, 0.3) is 6.08 Å². The van der Waals surface area contributed by atoms with Crippen molar-refractivity contribution in [2.24, 2.45) is 0 Å². The number of benzene rings is 3. The highest BCUT2D eigenvalue weighted by atomic mass is 19.1. The molecule has 1 amide bonds. The van der Waals surface area contributed by atoms with E-state index in [1.54, 1.807) is 42.2 Å². The Morgan fingerprint density at radius 1 is 1.00 bits per heavy atom. The molecule has 1 heterocycles. The quantitative estimate of drug-likeness (QED) is 0.260. The predicted molar refractivity (Wildman–Crippen MR) is 142 cm³/mol. The summed E-state index contributed by atoms with van der Waals surface area (Å²) in [6.07, 6.45) is 1.63. The fraction of sp³-hybridized carbons (Fsp3) is 0.167. The van der Waals surface area contributed by atoms with Gasteiger partial charge in [-0.2, -0.15) is 0 Å². The van der Waals surface area contributed by atoms with E-state index in [1.165, 1.54) is 31.4 Å². The fourth-order valence-electron chi connectivity index (χ4n) is 4.16. The van der Waals surface area contributed by atoms with Crippen LogP contribution in [0.15, 0.2) is 95.8 Å². The lowest BCUT2D eigenvalue weighted by molar-refractivity contribution is -0.137. The lowest BCUT2D eigenvalue weighted by Crippen LogP contribution is -2.31. The Morgan fingerprint density at radius 2 is 1.66 bits per heavy atom. The normalized spacial score (nSPS) is 15.0. The smallest absolute Gasteiger partial charge is 0.343 e. The fourth-order valence-corrected chi connectivity index (χ4v) is 4.16. The molecule has 1 aliphatic heterocycles. The van der Waals surface area contributed by atoms with E-state index in [4.69, 9.17) is 9.47 Å². The number of allylic oxidation sites excluding steroid dienone is 2. The Morgan fingerprint density at radius 3 is 2.29 bits per heavy atom. The van der Waals surface area contributed by atoms with Gasteiger partial charge < -0.3 is 19.7 Å². The van der Waals surface area contributed by atoms with Gasteiger partial charge in [0.2, 0.25) is 5.78 Å². The Kier molecular flexibility index (Phi) is 8.01. The third kappa shape index (κ3) is 5.81. The minimum atomic E-state index is -0.744. The molecule has 0 unspecified atom stereocenters. The third-order valence-corrected chi connectivity index (χ3v) is 6.10. The molecule has 0 saturated carbocycles. The largest absolute Gasteiger partial charge is 0.484 e. The molecule has 194 valence electrons. The summed E-state index contributed by atoms with van der Waals surface area (Å²) in [4.78, 5) is 39.4. The van der Waals surface area contributed by atoms with Crippen molar-refractivity contribution in [3.8, 4) is 5.75 Å². The van der Waals surface area contributed by atoms with Gasteiger partial charge in [0.1, 0.15) is 17.1 Å². The summed E-state index contributed by atoms with van der Waals surface area (Å²) in [5.41, 5.74) is 2.70. The molecule has 0 aromatic heterocycles. The molecule has 0 spiro atoms. The second-order valence-electron chi connectivity index (χ2n) is 8.68. The molecule has 1 aliphatic rings. The number of nitrogens with zero attached hydrogens (tertiary/aromatic N) is 1. The molecular weight excluding hydrogens is 487 g/mol. The van der Waals surface area contributed by atoms with Gasteiger partial charge in [0.15, 0.2) is 6.61 Å². The lowest BCUT2D eigenvalue weighted by atomic mass is 10.1. The molecule has 0 aliphatic carbocycles. The van der Waals surface area contributed by atoms with Gasteiger partial charge in [0, 0.05) is 11.4 Å². The van der Waals surface area contributed by atoms with Crippen molar-refractivity contribution in [3.63, 3.8) is 0 Å². The van der Waals surface area contributed by atoms with Gasteiger partial charge in [-0.25, -0.2) is 9.18 Å². The van der Waals surface area contributed by atoms with E-state index < -0.39 is 17.6 Å². The van der Waals surface area contributed by atoms with Gasteiger partial charge in [-0.05, 0) is 67.4 Å². The number of halogens is 1. The van der Waals surface area contributed by atoms with E-state index in [9.17, 15) is 18.8 Å². The first-order chi connectivity index (χ1) is 18.3. The molecule has 3 aromatic carbocycles. The van der Waals surface area contributed by atoms with Crippen molar-refractivity contribution in [3.05, 3.63) is 113 Å². The maximum absolute atomic E-state index is 13.5. The van der Waals surface area contributed by atoms with E-state index >= 15 is 0 Å². The topological polar surface area (TPSA) is 84.9 Å². The van der Waals surface area contributed by atoms with Crippen LogP contribution in [0.5, 0.6) is 5.75 Å². The number of rotatable bonds is 8. The van der Waals surface area contributed by atoms with Gasteiger partial charge in [-0.1, -0.05) is 42.5 Å². The van der Waals surface area contributed by atoms with Crippen molar-refractivity contribution >= 4 is 29.4 Å². The van der Waals surface area contributed by atoms with Crippen LogP contribution in [0.2, 0.25) is 0 Å². The average molecular weight is 515 g/mol. The Balaban J connectivity index is 1.48. The molecule has 0 fully saturated rings. The number of methoxy groups -OCH3 is 1. The highest BCUT2D eigenvalue weighted by Gasteiger charge is 2.38. The van der Waals surface area contributed by atoms with E-state index in [-0.39, 0.29) is 29.8 Å². The van der Waals surface area contributed by atoms with Gasteiger partial charge in [-0.3, -0.25) is 9.59 Å². The minimum Gasteiger partial charge on any atom is -0.484 e. The van der Waals surface area contributed by atoms with Crippen LogP contribution in [-0.2, 0) is 19.1 Å².